The van der Waals surface area contributed by atoms with Crippen molar-refractivity contribution in [2.24, 2.45) is 0 Å². The zero-order chi connectivity index (χ0) is 18.7. The fourth-order valence-electron chi connectivity index (χ4n) is 2.89. The van der Waals surface area contributed by atoms with Crippen molar-refractivity contribution < 1.29 is 19.1 Å². The van der Waals surface area contributed by atoms with Gasteiger partial charge in [-0.1, -0.05) is 29.8 Å². The van der Waals surface area contributed by atoms with E-state index >= 15 is 0 Å². The molecular formula is C20H20N2O4. The molecule has 3 rings (SSSR count). The van der Waals surface area contributed by atoms with E-state index in [0.29, 0.717) is 17.7 Å². The Morgan fingerprint density at radius 2 is 1.69 bits per heavy atom. The van der Waals surface area contributed by atoms with Gasteiger partial charge in [0.2, 0.25) is 5.91 Å². The summed E-state index contributed by atoms with van der Waals surface area (Å²) < 4.78 is 5.64. The highest BCUT2D eigenvalue weighted by Crippen LogP contribution is 2.22. The van der Waals surface area contributed by atoms with E-state index in [1.807, 2.05) is 32.0 Å². The Morgan fingerprint density at radius 1 is 1.04 bits per heavy atom. The number of carbonyl (C=O) groups is 3. The van der Waals surface area contributed by atoms with Crippen molar-refractivity contribution in [2.45, 2.75) is 13.8 Å². The highest BCUT2D eigenvalue weighted by molar-refractivity contribution is 6.22. The lowest BCUT2D eigenvalue weighted by Gasteiger charge is -2.14. The summed E-state index contributed by atoms with van der Waals surface area (Å²) in [4.78, 5) is 37.5. The second-order valence-corrected chi connectivity index (χ2v) is 6.21. The molecule has 1 N–H and O–H groups in total. The number of hydrogen-bond donors (Lipinski definition) is 1. The maximum atomic E-state index is 12.2. The quantitative estimate of drug-likeness (QED) is 0.638. The van der Waals surface area contributed by atoms with Gasteiger partial charge in [0.15, 0.2) is 0 Å². The first-order valence-electron chi connectivity index (χ1n) is 8.39. The summed E-state index contributed by atoms with van der Waals surface area (Å²) in [5.41, 5.74) is 2.86. The number of imide groups is 1. The van der Waals surface area contributed by atoms with Crippen molar-refractivity contribution >= 4 is 17.7 Å². The molecule has 1 aliphatic rings. The molecule has 2 aromatic carbocycles. The molecule has 0 unspecified atom stereocenters. The second-order valence-electron chi connectivity index (χ2n) is 6.21. The average molecular weight is 352 g/mol. The highest BCUT2D eigenvalue weighted by atomic mass is 16.5. The van der Waals surface area contributed by atoms with Crippen molar-refractivity contribution in [1.29, 1.82) is 0 Å². The van der Waals surface area contributed by atoms with Gasteiger partial charge in [0.05, 0.1) is 17.7 Å². The van der Waals surface area contributed by atoms with Crippen LogP contribution in [0.4, 0.5) is 0 Å². The minimum absolute atomic E-state index is 0.287. The lowest BCUT2D eigenvalue weighted by molar-refractivity contribution is -0.121. The van der Waals surface area contributed by atoms with Crippen LogP contribution in [0.5, 0.6) is 5.75 Å². The minimum Gasteiger partial charge on any atom is -0.491 e. The van der Waals surface area contributed by atoms with Gasteiger partial charge in [0.25, 0.3) is 11.8 Å². The fourth-order valence-corrected chi connectivity index (χ4v) is 2.89. The summed E-state index contributed by atoms with van der Waals surface area (Å²) in [6.45, 7) is 4.27. The smallest absolute Gasteiger partial charge is 0.262 e. The van der Waals surface area contributed by atoms with Crippen molar-refractivity contribution in [3.8, 4) is 5.75 Å². The standard InChI is InChI=1S/C20H20N2O4/c1-13-7-8-17(14(2)11-13)26-10-9-21-18(23)12-22-19(24)15-5-3-4-6-16(15)20(22)25/h3-8,11H,9-10,12H2,1-2H3,(H,21,23). The number of amides is 3. The molecule has 0 aromatic heterocycles. The minimum atomic E-state index is -0.438. The molecule has 6 heteroatoms. The van der Waals surface area contributed by atoms with Gasteiger partial charge in [-0.25, -0.2) is 0 Å². The van der Waals surface area contributed by atoms with Crippen LogP contribution in [0.25, 0.3) is 0 Å². The number of carbonyl (C=O) groups excluding carboxylic acids is 3. The molecule has 0 saturated heterocycles. The van der Waals surface area contributed by atoms with Crippen molar-refractivity contribution in [3.63, 3.8) is 0 Å². The van der Waals surface area contributed by atoms with Crippen molar-refractivity contribution in [3.05, 3.63) is 64.7 Å². The fraction of sp³-hybridized carbons (Fsp3) is 0.250. The van der Waals surface area contributed by atoms with Crippen LogP contribution >= 0.6 is 0 Å². The van der Waals surface area contributed by atoms with Crippen LogP contribution in [-0.4, -0.2) is 42.3 Å². The number of fused-ring (bicyclic) bond motifs is 1. The maximum Gasteiger partial charge on any atom is 0.262 e. The van der Waals surface area contributed by atoms with Gasteiger partial charge >= 0.3 is 0 Å². The first-order chi connectivity index (χ1) is 12.5. The maximum absolute atomic E-state index is 12.2. The Kier molecular flexibility index (Phi) is 5.02. The van der Waals surface area contributed by atoms with Gasteiger partial charge in [-0.3, -0.25) is 19.3 Å². The molecule has 26 heavy (non-hydrogen) atoms. The second kappa shape index (κ2) is 7.39. The van der Waals surface area contributed by atoms with Gasteiger partial charge in [-0.2, -0.15) is 0 Å². The molecule has 2 aromatic rings. The summed E-state index contributed by atoms with van der Waals surface area (Å²) in [6.07, 6.45) is 0. The molecule has 0 bridgehead atoms. The van der Waals surface area contributed by atoms with Gasteiger partial charge in [0.1, 0.15) is 18.9 Å². The normalized spacial score (nSPS) is 12.9. The summed E-state index contributed by atoms with van der Waals surface area (Å²) in [5.74, 6) is -0.506. The van der Waals surface area contributed by atoms with E-state index in [1.54, 1.807) is 24.3 Å². The van der Waals surface area contributed by atoms with Crippen molar-refractivity contribution in [2.75, 3.05) is 19.7 Å². The molecule has 1 heterocycles. The molecule has 0 radical (unpaired) electrons. The first-order valence-corrected chi connectivity index (χ1v) is 8.39. The highest BCUT2D eigenvalue weighted by Gasteiger charge is 2.36. The number of benzene rings is 2. The average Bonchev–Trinajstić information content (AvgIpc) is 2.85. The number of hydrogen-bond acceptors (Lipinski definition) is 4. The van der Waals surface area contributed by atoms with Crippen LogP contribution < -0.4 is 10.1 Å². The van der Waals surface area contributed by atoms with E-state index in [-0.39, 0.29) is 13.1 Å². The number of nitrogens with one attached hydrogen (secondary N) is 1. The third-order valence-electron chi connectivity index (χ3n) is 4.19. The number of rotatable bonds is 6. The lowest BCUT2D eigenvalue weighted by Crippen LogP contribution is -2.41. The zero-order valence-corrected chi connectivity index (χ0v) is 14.7. The van der Waals surface area contributed by atoms with E-state index in [0.717, 1.165) is 21.8 Å². The van der Waals surface area contributed by atoms with Crippen LogP contribution in [-0.2, 0) is 4.79 Å². The Morgan fingerprint density at radius 3 is 2.31 bits per heavy atom. The van der Waals surface area contributed by atoms with Gasteiger partial charge in [-0.05, 0) is 37.6 Å². The van der Waals surface area contributed by atoms with E-state index in [9.17, 15) is 14.4 Å². The van der Waals surface area contributed by atoms with Crippen LogP contribution in [0, 0.1) is 13.8 Å². The molecular weight excluding hydrogens is 332 g/mol. The van der Waals surface area contributed by atoms with E-state index in [2.05, 4.69) is 5.32 Å². The number of aryl methyl sites for hydroxylation is 2. The third kappa shape index (κ3) is 3.59. The number of nitrogens with zero attached hydrogens (tertiary/aromatic N) is 1. The SMILES string of the molecule is Cc1ccc(OCCNC(=O)CN2C(=O)c3ccccc3C2=O)c(C)c1. The van der Waals surface area contributed by atoms with E-state index in [4.69, 9.17) is 4.74 Å². The van der Waals surface area contributed by atoms with Gasteiger partial charge in [0, 0.05) is 0 Å². The lowest BCUT2D eigenvalue weighted by atomic mass is 10.1. The molecule has 0 spiro atoms. The Hall–Kier alpha value is -3.15. The zero-order valence-electron chi connectivity index (χ0n) is 14.7. The largest absolute Gasteiger partial charge is 0.491 e. The molecule has 3 amide bonds. The Labute approximate surface area is 151 Å². The summed E-state index contributed by atoms with van der Waals surface area (Å²) in [6, 6.07) is 12.4. The molecule has 134 valence electrons. The molecule has 6 nitrogen and oxygen atoms in total. The molecule has 1 aliphatic heterocycles. The molecule has 0 saturated carbocycles. The monoisotopic (exact) mass is 352 g/mol. The molecule has 0 fully saturated rings. The van der Waals surface area contributed by atoms with Crippen LogP contribution in [0.15, 0.2) is 42.5 Å². The van der Waals surface area contributed by atoms with Crippen LogP contribution in [0.2, 0.25) is 0 Å². The van der Waals surface area contributed by atoms with Crippen LogP contribution in [0.3, 0.4) is 0 Å². The predicted octanol–water partition coefficient (Wildman–Crippen LogP) is 2.09. The summed E-state index contributed by atoms with van der Waals surface area (Å²) in [5, 5.41) is 2.67. The van der Waals surface area contributed by atoms with Crippen LogP contribution in [0.1, 0.15) is 31.8 Å². The number of ether oxygens (including phenoxy) is 1. The topological polar surface area (TPSA) is 75.7 Å². The predicted molar refractivity (Wildman–Crippen MR) is 96.2 cm³/mol. The van der Waals surface area contributed by atoms with Gasteiger partial charge in [-0.15, -0.1) is 0 Å². The van der Waals surface area contributed by atoms with E-state index in [1.165, 1.54) is 0 Å². The Bertz CT molecular complexity index is 841. The Balaban J connectivity index is 1.48. The summed E-state index contributed by atoms with van der Waals surface area (Å²) in [7, 11) is 0. The molecule has 0 aliphatic carbocycles. The summed E-state index contributed by atoms with van der Waals surface area (Å²) >= 11 is 0. The third-order valence-corrected chi connectivity index (χ3v) is 4.19. The molecule has 0 atom stereocenters. The van der Waals surface area contributed by atoms with Crippen molar-refractivity contribution in [1.82, 2.24) is 10.2 Å². The van der Waals surface area contributed by atoms with E-state index < -0.39 is 17.7 Å². The van der Waals surface area contributed by atoms with Gasteiger partial charge < -0.3 is 10.1 Å². The first kappa shape index (κ1) is 17.7.